The average Bonchev–Trinajstić information content (AvgIpc) is 3.01. The number of rotatable bonds is 2. The molecule has 2 aromatic carbocycles. The van der Waals surface area contributed by atoms with Crippen molar-refractivity contribution in [1.82, 2.24) is 9.55 Å². The van der Waals surface area contributed by atoms with Gasteiger partial charge in [0.05, 0.1) is 18.3 Å². The zero-order chi connectivity index (χ0) is 16.7. The second-order valence-corrected chi connectivity index (χ2v) is 5.64. The van der Waals surface area contributed by atoms with Crippen LogP contribution in [0.1, 0.15) is 5.56 Å². The van der Waals surface area contributed by atoms with Crippen LogP contribution in [0, 0.1) is 0 Å². The molecule has 120 valence electrons. The average molecular weight is 321 g/mol. The quantitative estimate of drug-likeness (QED) is 0.578. The maximum Gasteiger partial charge on any atom is 0.299 e. The molecule has 0 atom stereocenters. The Morgan fingerprint density at radius 1 is 1.25 bits per heavy atom. The molecular weight excluding hydrogens is 306 g/mol. The Balaban J connectivity index is 2.28. The van der Waals surface area contributed by atoms with E-state index in [0.717, 1.165) is 28.5 Å². The van der Waals surface area contributed by atoms with Crippen LogP contribution in [-0.4, -0.2) is 21.9 Å². The van der Waals surface area contributed by atoms with Crippen LogP contribution < -0.4 is 15.8 Å². The summed E-state index contributed by atoms with van der Waals surface area (Å²) in [5.74, 6) is 0.714. The number of ether oxygens (including phenoxy) is 1. The number of hydrogen-bond acceptors (Lipinski definition) is 5. The van der Waals surface area contributed by atoms with Crippen molar-refractivity contribution in [2.24, 2.45) is 5.16 Å². The first-order chi connectivity index (χ1) is 11.7. The minimum absolute atomic E-state index is 0.211. The molecule has 6 nitrogen and oxygen atoms in total. The maximum absolute atomic E-state index is 12.6. The van der Waals surface area contributed by atoms with Gasteiger partial charge in [0.25, 0.3) is 11.0 Å². The van der Waals surface area contributed by atoms with E-state index >= 15 is 0 Å². The number of methoxy groups -OCH3 is 1. The van der Waals surface area contributed by atoms with Crippen molar-refractivity contribution in [1.29, 1.82) is 0 Å². The van der Waals surface area contributed by atoms with E-state index in [9.17, 15) is 10.0 Å². The second-order valence-electron chi connectivity index (χ2n) is 5.64. The van der Waals surface area contributed by atoms with Crippen LogP contribution in [0.15, 0.2) is 52.4 Å². The normalized spacial score (nSPS) is 13.5. The molecule has 3 aromatic rings. The zero-order valence-corrected chi connectivity index (χ0v) is 13.1. The van der Waals surface area contributed by atoms with E-state index in [1.165, 1.54) is 0 Å². The minimum atomic E-state index is -0.395. The Morgan fingerprint density at radius 2 is 2.04 bits per heavy atom. The van der Waals surface area contributed by atoms with E-state index in [4.69, 9.17) is 4.74 Å². The third-order valence-corrected chi connectivity index (χ3v) is 4.32. The van der Waals surface area contributed by atoms with E-state index in [-0.39, 0.29) is 5.49 Å². The Bertz CT molecular complexity index is 1070. The molecule has 1 aliphatic rings. The van der Waals surface area contributed by atoms with Crippen molar-refractivity contribution in [3.05, 3.63) is 63.9 Å². The highest BCUT2D eigenvalue weighted by molar-refractivity contribution is 5.95. The molecule has 6 heteroatoms. The molecule has 0 aliphatic carbocycles. The van der Waals surface area contributed by atoms with E-state index < -0.39 is 5.56 Å². The summed E-state index contributed by atoms with van der Waals surface area (Å²) in [6.45, 7) is 0.533. The standard InChI is InChI=1S/C18H15N3O3/c1-24-13-9-12-7-8-21-16(12)14(10-13)15(11-5-3-2-4-6-11)19-17(20-23)18(21)22/h2-6,9-10,23H,7-8H2,1H3/b20-17-. The molecule has 2 heterocycles. The fourth-order valence-corrected chi connectivity index (χ4v) is 3.24. The summed E-state index contributed by atoms with van der Waals surface area (Å²) in [5, 5.41) is 13.2. The molecule has 0 radical (unpaired) electrons. The molecule has 1 aromatic heterocycles. The molecule has 24 heavy (non-hydrogen) atoms. The van der Waals surface area contributed by atoms with E-state index in [1.54, 1.807) is 11.7 Å². The van der Waals surface area contributed by atoms with Crippen molar-refractivity contribution in [2.45, 2.75) is 13.0 Å². The first kappa shape index (κ1) is 14.4. The van der Waals surface area contributed by atoms with Crippen LogP contribution in [0.25, 0.3) is 22.2 Å². The van der Waals surface area contributed by atoms with Gasteiger partial charge in [-0.25, -0.2) is 4.98 Å². The smallest absolute Gasteiger partial charge is 0.299 e. The van der Waals surface area contributed by atoms with Crippen LogP contribution in [0.4, 0.5) is 0 Å². The summed E-state index contributed by atoms with van der Waals surface area (Å²) >= 11 is 0. The summed E-state index contributed by atoms with van der Waals surface area (Å²) in [6, 6.07) is 13.3. The Kier molecular flexibility index (Phi) is 3.30. The fourth-order valence-electron chi connectivity index (χ4n) is 3.24. The predicted octanol–water partition coefficient (Wildman–Crippen LogP) is 1.92. The molecule has 0 spiro atoms. The summed E-state index contributed by atoms with van der Waals surface area (Å²) in [4.78, 5) is 17.0. The SMILES string of the molecule is COc1cc2c3c(c1)c(-c1ccccc1)n/c(=N\O)c(=O)n3CC2. The van der Waals surface area contributed by atoms with Gasteiger partial charge in [-0.3, -0.25) is 4.79 Å². The molecule has 0 unspecified atom stereocenters. The number of hydrogen-bond donors (Lipinski definition) is 1. The summed E-state index contributed by atoms with van der Waals surface area (Å²) < 4.78 is 7.03. The summed E-state index contributed by atoms with van der Waals surface area (Å²) in [7, 11) is 1.61. The highest BCUT2D eigenvalue weighted by Gasteiger charge is 2.20. The molecule has 1 N–H and O–H groups in total. The van der Waals surface area contributed by atoms with Gasteiger partial charge in [0.2, 0.25) is 0 Å². The fraction of sp³-hybridized carbons (Fsp3) is 0.167. The van der Waals surface area contributed by atoms with Crippen molar-refractivity contribution in [2.75, 3.05) is 7.11 Å². The Labute approximate surface area is 137 Å². The molecule has 0 fully saturated rings. The number of benzene rings is 2. The van der Waals surface area contributed by atoms with Crippen molar-refractivity contribution in [3.8, 4) is 17.0 Å². The predicted molar refractivity (Wildman–Crippen MR) is 89.0 cm³/mol. The van der Waals surface area contributed by atoms with Crippen LogP contribution in [0.2, 0.25) is 0 Å². The molecule has 4 rings (SSSR count). The van der Waals surface area contributed by atoms with Crippen LogP contribution in [0.3, 0.4) is 0 Å². The van der Waals surface area contributed by atoms with Gasteiger partial charge in [-0.15, -0.1) is 0 Å². The number of aromatic nitrogens is 2. The second kappa shape index (κ2) is 5.49. The van der Waals surface area contributed by atoms with E-state index in [2.05, 4.69) is 10.1 Å². The molecule has 0 saturated heterocycles. The van der Waals surface area contributed by atoms with Crippen LogP contribution in [0.5, 0.6) is 5.75 Å². The molecule has 0 bridgehead atoms. The highest BCUT2D eigenvalue weighted by Crippen LogP contribution is 2.33. The summed E-state index contributed by atoms with van der Waals surface area (Å²) in [6.07, 6.45) is 0.728. The topological polar surface area (TPSA) is 76.7 Å². The minimum Gasteiger partial charge on any atom is -0.497 e. The van der Waals surface area contributed by atoms with Gasteiger partial charge in [-0.05, 0) is 24.1 Å². The maximum atomic E-state index is 12.6. The zero-order valence-electron chi connectivity index (χ0n) is 13.1. The van der Waals surface area contributed by atoms with Gasteiger partial charge < -0.3 is 14.5 Å². The largest absolute Gasteiger partial charge is 0.497 e. The third-order valence-electron chi connectivity index (χ3n) is 4.32. The Morgan fingerprint density at radius 3 is 2.75 bits per heavy atom. The highest BCUT2D eigenvalue weighted by atomic mass is 16.5. The van der Waals surface area contributed by atoms with Gasteiger partial charge in [0.15, 0.2) is 0 Å². The lowest BCUT2D eigenvalue weighted by Crippen LogP contribution is -2.33. The molecule has 0 saturated carbocycles. The van der Waals surface area contributed by atoms with Crippen molar-refractivity contribution in [3.63, 3.8) is 0 Å². The van der Waals surface area contributed by atoms with E-state index in [0.29, 0.717) is 18.0 Å². The molecule has 0 amide bonds. The van der Waals surface area contributed by atoms with Gasteiger partial charge in [-0.1, -0.05) is 35.5 Å². The lowest BCUT2D eigenvalue weighted by molar-refractivity contribution is 0.297. The van der Waals surface area contributed by atoms with E-state index in [1.807, 2.05) is 42.5 Å². The Hall–Kier alpha value is -3.15. The van der Waals surface area contributed by atoms with Crippen LogP contribution in [-0.2, 0) is 13.0 Å². The lowest BCUT2D eigenvalue weighted by Gasteiger charge is -2.07. The number of nitrogens with zero attached hydrogens (tertiary/aromatic N) is 3. The van der Waals surface area contributed by atoms with Gasteiger partial charge in [-0.2, -0.15) is 0 Å². The van der Waals surface area contributed by atoms with Gasteiger partial charge >= 0.3 is 0 Å². The van der Waals surface area contributed by atoms with Gasteiger partial charge in [0.1, 0.15) is 5.75 Å². The molecule has 1 aliphatic heterocycles. The third kappa shape index (κ3) is 2.07. The first-order valence-corrected chi connectivity index (χ1v) is 7.62. The monoisotopic (exact) mass is 321 g/mol. The van der Waals surface area contributed by atoms with Crippen molar-refractivity contribution >= 4 is 10.9 Å². The first-order valence-electron chi connectivity index (χ1n) is 7.62. The summed E-state index contributed by atoms with van der Waals surface area (Å²) in [5.41, 5.74) is 2.68. The van der Waals surface area contributed by atoms with Crippen molar-refractivity contribution < 1.29 is 9.94 Å². The van der Waals surface area contributed by atoms with Crippen LogP contribution >= 0.6 is 0 Å². The number of aryl methyl sites for hydroxylation is 2. The molecular formula is C18H15N3O3. The lowest BCUT2D eigenvalue weighted by atomic mass is 10.0. The van der Waals surface area contributed by atoms with Gasteiger partial charge in [0, 0.05) is 17.5 Å².